The van der Waals surface area contributed by atoms with Crippen molar-refractivity contribution in [3.05, 3.63) is 18.0 Å². The first-order valence-corrected chi connectivity index (χ1v) is 5.30. The van der Waals surface area contributed by atoms with Crippen molar-refractivity contribution in [2.45, 2.75) is 26.4 Å². The smallest absolute Gasteiger partial charge is 0.414 e. The van der Waals surface area contributed by atoms with Crippen LogP contribution >= 0.6 is 12.2 Å². The highest BCUT2D eigenvalue weighted by Crippen LogP contribution is 2.08. The zero-order valence-electron chi connectivity index (χ0n) is 9.85. The fourth-order valence-corrected chi connectivity index (χ4v) is 1.02. The normalized spacial score (nSPS) is 10.8. The molecule has 3 N–H and O–H groups in total. The molecule has 1 heterocycles. The highest BCUT2D eigenvalue weighted by molar-refractivity contribution is 7.80. The Morgan fingerprint density at radius 2 is 1.94 bits per heavy atom. The molecule has 0 unspecified atom stereocenters. The van der Waals surface area contributed by atoms with Crippen LogP contribution in [0.1, 0.15) is 26.3 Å². The topological polar surface area (TPSA) is 90.1 Å². The number of carbonyl (C=O) groups excluding carboxylic acids is 1. The number of nitrogens with zero attached hydrogens (tertiary/aromatic N) is 2. The Bertz CT molecular complexity index is 425. The summed E-state index contributed by atoms with van der Waals surface area (Å²) in [6, 6.07) is 0. The molecule has 1 aromatic heterocycles. The van der Waals surface area contributed by atoms with Crippen molar-refractivity contribution in [3.8, 4) is 0 Å². The fraction of sp³-hybridized carbons (Fsp3) is 0.400. The first-order chi connectivity index (χ1) is 7.78. The first-order valence-electron chi connectivity index (χ1n) is 4.90. The number of amides is 1. The molecule has 17 heavy (non-hydrogen) atoms. The van der Waals surface area contributed by atoms with Gasteiger partial charge in [0, 0.05) is 18.0 Å². The molecule has 0 radical (unpaired) electrons. The maximum atomic E-state index is 11.4. The van der Waals surface area contributed by atoms with Gasteiger partial charge in [0.05, 0.1) is 0 Å². The summed E-state index contributed by atoms with van der Waals surface area (Å²) in [6.45, 7) is 5.30. The van der Waals surface area contributed by atoms with Crippen LogP contribution in [-0.4, -0.2) is 26.7 Å². The van der Waals surface area contributed by atoms with Gasteiger partial charge in [-0.05, 0) is 20.8 Å². The molecule has 0 spiro atoms. The lowest BCUT2D eigenvalue weighted by Crippen LogP contribution is -2.27. The largest absolute Gasteiger partial charge is 0.444 e. The van der Waals surface area contributed by atoms with E-state index in [1.165, 1.54) is 12.4 Å². The van der Waals surface area contributed by atoms with E-state index in [2.05, 4.69) is 15.3 Å². The highest BCUT2D eigenvalue weighted by Gasteiger charge is 2.16. The summed E-state index contributed by atoms with van der Waals surface area (Å²) in [7, 11) is 0. The zero-order chi connectivity index (χ0) is 13.1. The number of hydrogen-bond acceptors (Lipinski definition) is 5. The lowest BCUT2D eigenvalue weighted by Gasteiger charge is -2.19. The van der Waals surface area contributed by atoms with E-state index in [1.54, 1.807) is 20.8 Å². The summed E-state index contributed by atoms with van der Waals surface area (Å²) < 4.78 is 5.04. The number of ether oxygens (including phenoxy) is 1. The average molecular weight is 254 g/mol. The van der Waals surface area contributed by atoms with Crippen molar-refractivity contribution in [3.63, 3.8) is 0 Å². The minimum absolute atomic E-state index is 0.138. The number of rotatable bonds is 2. The van der Waals surface area contributed by atoms with E-state index in [0.29, 0.717) is 5.56 Å². The molecule has 0 aromatic carbocycles. The first kappa shape index (κ1) is 13.3. The van der Waals surface area contributed by atoms with Crippen LogP contribution in [0.15, 0.2) is 12.4 Å². The van der Waals surface area contributed by atoms with Crippen LogP contribution in [0.5, 0.6) is 0 Å². The molecule has 1 aromatic rings. The summed E-state index contributed by atoms with van der Waals surface area (Å²) in [5, 5.41) is 2.40. The molecule has 0 saturated heterocycles. The van der Waals surface area contributed by atoms with E-state index in [4.69, 9.17) is 22.7 Å². The molecule has 1 rings (SSSR count). The van der Waals surface area contributed by atoms with E-state index in [0.717, 1.165) is 0 Å². The Labute approximate surface area is 105 Å². The summed E-state index contributed by atoms with van der Waals surface area (Å²) in [5.74, 6) is 0.138. The minimum Gasteiger partial charge on any atom is -0.444 e. The summed E-state index contributed by atoms with van der Waals surface area (Å²) >= 11 is 4.75. The third-order valence-electron chi connectivity index (χ3n) is 1.55. The van der Waals surface area contributed by atoms with Gasteiger partial charge >= 0.3 is 6.09 Å². The van der Waals surface area contributed by atoms with E-state index >= 15 is 0 Å². The molecule has 0 saturated carbocycles. The quantitative estimate of drug-likeness (QED) is 0.776. The van der Waals surface area contributed by atoms with E-state index < -0.39 is 11.7 Å². The lowest BCUT2D eigenvalue weighted by atomic mass is 10.2. The van der Waals surface area contributed by atoms with E-state index in [9.17, 15) is 4.79 Å². The fourth-order valence-electron chi connectivity index (χ4n) is 0.915. The van der Waals surface area contributed by atoms with Gasteiger partial charge in [0.15, 0.2) is 0 Å². The minimum atomic E-state index is -0.611. The van der Waals surface area contributed by atoms with E-state index in [1.807, 2.05) is 0 Å². The molecule has 0 aliphatic heterocycles. The molecule has 0 aliphatic rings. The number of nitrogens with one attached hydrogen (secondary N) is 1. The van der Waals surface area contributed by atoms with Crippen LogP contribution in [0.4, 0.5) is 10.7 Å². The Kier molecular flexibility index (Phi) is 3.95. The predicted octanol–water partition coefficient (Wildman–Crippen LogP) is 1.46. The number of carbonyl (C=O) groups is 1. The lowest BCUT2D eigenvalue weighted by molar-refractivity contribution is 0.0634. The maximum absolute atomic E-state index is 11.4. The Balaban J connectivity index is 2.64. The Morgan fingerprint density at radius 3 is 2.35 bits per heavy atom. The van der Waals surface area contributed by atoms with Crippen LogP contribution in [0.25, 0.3) is 0 Å². The molecule has 0 atom stereocenters. The molecule has 92 valence electrons. The van der Waals surface area contributed by atoms with Crippen molar-refractivity contribution >= 4 is 29.2 Å². The van der Waals surface area contributed by atoms with Crippen LogP contribution in [0.2, 0.25) is 0 Å². The molecular formula is C10H14N4O2S. The van der Waals surface area contributed by atoms with Gasteiger partial charge in [0.25, 0.3) is 0 Å². The molecule has 0 aliphatic carbocycles. The van der Waals surface area contributed by atoms with Crippen LogP contribution < -0.4 is 11.1 Å². The van der Waals surface area contributed by atoms with Gasteiger partial charge in [0.1, 0.15) is 10.6 Å². The Hall–Kier alpha value is -1.76. The SMILES string of the molecule is CC(C)(C)OC(=O)Nc1ncc(C(N)=S)cn1. The van der Waals surface area contributed by atoms with Gasteiger partial charge in [-0.2, -0.15) is 0 Å². The monoisotopic (exact) mass is 254 g/mol. The van der Waals surface area contributed by atoms with Crippen molar-refractivity contribution in [2.24, 2.45) is 5.73 Å². The second-order valence-electron chi connectivity index (χ2n) is 4.29. The van der Waals surface area contributed by atoms with E-state index in [-0.39, 0.29) is 10.9 Å². The number of aromatic nitrogens is 2. The van der Waals surface area contributed by atoms with Gasteiger partial charge in [0.2, 0.25) is 5.95 Å². The van der Waals surface area contributed by atoms with Crippen LogP contribution in [-0.2, 0) is 4.74 Å². The van der Waals surface area contributed by atoms with Gasteiger partial charge in [-0.3, -0.25) is 5.32 Å². The maximum Gasteiger partial charge on any atom is 0.414 e. The summed E-state index contributed by atoms with van der Waals surface area (Å²) in [4.78, 5) is 19.3. The second kappa shape index (κ2) is 5.05. The summed E-state index contributed by atoms with van der Waals surface area (Å²) in [6.07, 6.45) is 2.25. The third kappa shape index (κ3) is 4.73. The molecule has 0 fully saturated rings. The average Bonchev–Trinajstić information content (AvgIpc) is 2.15. The highest BCUT2D eigenvalue weighted by atomic mass is 32.1. The van der Waals surface area contributed by atoms with Crippen molar-refractivity contribution in [2.75, 3.05) is 5.32 Å². The predicted molar refractivity (Wildman–Crippen MR) is 67.8 cm³/mol. The van der Waals surface area contributed by atoms with Gasteiger partial charge in [-0.15, -0.1) is 0 Å². The third-order valence-corrected chi connectivity index (χ3v) is 1.78. The van der Waals surface area contributed by atoms with Crippen molar-refractivity contribution in [1.82, 2.24) is 9.97 Å². The number of hydrogen-bond donors (Lipinski definition) is 2. The standard InChI is InChI=1S/C10H14N4O2S/c1-10(2,3)16-9(15)14-8-12-4-6(5-13-8)7(11)17/h4-5H,1-3H3,(H2,11,17)(H,12,13,14,15). The Morgan fingerprint density at radius 1 is 1.41 bits per heavy atom. The number of nitrogens with two attached hydrogens (primary N) is 1. The van der Waals surface area contributed by atoms with Gasteiger partial charge in [-0.25, -0.2) is 14.8 Å². The van der Waals surface area contributed by atoms with Crippen LogP contribution in [0.3, 0.4) is 0 Å². The number of anilines is 1. The molecular weight excluding hydrogens is 240 g/mol. The van der Waals surface area contributed by atoms with Gasteiger partial charge < -0.3 is 10.5 Å². The van der Waals surface area contributed by atoms with Gasteiger partial charge in [-0.1, -0.05) is 12.2 Å². The number of thiocarbonyl (C=S) groups is 1. The molecule has 1 amide bonds. The zero-order valence-corrected chi connectivity index (χ0v) is 10.7. The molecule has 6 nitrogen and oxygen atoms in total. The van der Waals surface area contributed by atoms with Crippen molar-refractivity contribution in [1.29, 1.82) is 0 Å². The molecule has 0 bridgehead atoms. The second-order valence-corrected chi connectivity index (χ2v) is 4.73. The summed E-state index contributed by atoms with van der Waals surface area (Å²) in [5.41, 5.74) is 5.36. The molecule has 7 heteroatoms. The van der Waals surface area contributed by atoms with Crippen LogP contribution in [0, 0.1) is 0 Å². The van der Waals surface area contributed by atoms with Crippen molar-refractivity contribution < 1.29 is 9.53 Å².